The second-order valence-electron chi connectivity index (χ2n) is 4.38. The molecule has 16 heavy (non-hydrogen) atoms. The van der Waals surface area contributed by atoms with E-state index in [2.05, 4.69) is 5.32 Å². The first kappa shape index (κ1) is 11.7. The number of nitrogens with one attached hydrogen (secondary N) is 1. The van der Waals surface area contributed by atoms with E-state index in [1.807, 2.05) is 0 Å². The van der Waals surface area contributed by atoms with Crippen LogP contribution in [0.3, 0.4) is 0 Å². The van der Waals surface area contributed by atoms with E-state index in [1.165, 1.54) is 12.1 Å². The van der Waals surface area contributed by atoms with Crippen LogP contribution < -0.4 is 11.1 Å². The molecule has 0 aliphatic heterocycles. The molecule has 1 aliphatic carbocycles. The van der Waals surface area contributed by atoms with E-state index in [4.69, 9.17) is 17.3 Å². The second-order valence-corrected chi connectivity index (χ2v) is 4.79. The Hall–Kier alpha value is -0.800. The van der Waals surface area contributed by atoms with Crippen LogP contribution in [0, 0.1) is 5.82 Å². The molecule has 2 nitrogen and oxygen atoms in total. The summed E-state index contributed by atoms with van der Waals surface area (Å²) < 4.78 is 12.8. The third kappa shape index (κ3) is 2.86. The van der Waals surface area contributed by atoms with Crippen molar-refractivity contribution in [1.29, 1.82) is 0 Å². The van der Waals surface area contributed by atoms with Crippen LogP contribution in [0.5, 0.6) is 0 Å². The maximum atomic E-state index is 12.8. The molecule has 0 unspecified atom stereocenters. The second kappa shape index (κ2) is 5.02. The molecule has 0 saturated heterocycles. The van der Waals surface area contributed by atoms with Crippen LogP contribution in [0.4, 0.5) is 10.1 Å². The lowest BCUT2D eigenvalue weighted by atomic mass is 9.92. The third-order valence-corrected chi connectivity index (χ3v) is 3.38. The topological polar surface area (TPSA) is 38.0 Å². The van der Waals surface area contributed by atoms with Crippen molar-refractivity contribution in [3.63, 3.8) is 0 Å². The van der Waals surface area contributed by atoms with Crippen LogP contribution in [0.25, 0.3) is 0 Å². The van der Waals surface area contributed by atoms with E-state index in [1.54, 1.807) is 6.07 Å². The van der Waals surface area contributed by atoms with Gasteiger partial charge in [0.2, 0.25) is 0 Å². The van der Waals surface area contributed by atoms with Gasteiger partial charge in [-0.1, -0.05) is 11.6 Å². The van der Waals surface area contributed by atoms with Crippen molar-refractivity contribution >= 4 is 17.3 Å². The van der Waals surface area contributed by atoms with Gasteiger partial charge in [-0.15, -0.1) is 0 Å². The fourth-order valence-electron chi connectivity index (χ4n) is 2.09. The number of hydrogen-bond acceptors (Lipinski definition) is 2. The number of hydrogen-bond donors (Lipinski definition) is 2. The van der Waals surface area contributed by atoms with Crippen LogP contribution in [0.15, 0.2) is 18.2 Å². The minimum absolute atomic E-state index is 0.304. The minimum Gasteiger partial charge on any atom is -0.381 e. The molecule has 0 aromatic heterocycles. The summed E-state index contributed by atoms with van der Waals surface area (Å²) in [7, 11) is 0. The SMILES string of the molecule is NC1CCC(Nc2ccc(F)cc2Cl)CC1. The zero-order chi connectivity index (χ0) is 11.5. The van der Waals surface area contributed by atoms with Crippen molar-refractivity contribution in [3.05, 3.63) is 29.0 Å². The molecular formula is C12H16ClFN2. The van der Waals surface area contributed by atoms with Gasteiger partial charge in [0.1, 0.15) is 5.82 Å². The monoisotopic (exact) mass is 242 g/mol. The maximum Gasteiger partial charge on any atom is 0.124 e. The van der Waals surface area contributed by atoms with Crippen molar-refractivity contribution in [2.75, 3.05) is 5.32 Å². The van der Waals surface area contributed by atoms with Crippen LogP contribution in [0.2, 0.25) is 5.02 Å². The molecule has 0 bridgehead atoms. The van der Waals surface area contributed by atoms with Gasteiger partial charge in [0.25, 0.3) is 0 Å². The van der Waals surface area contributed by atoms with Gasteiger partial charge >= 0.3 is 0 Å². The Labute approximate surface area is 100.0 Å². The van der Waals surface area contributed by atoms with Crippen molar-refractivity contribution in [2.45, 2.75) is 37.8 Å². The molecule has 3 N–H and O–H groups in total. The summed E-state index contributed by atoms with van der Waals surface area (Å²) >= 11 is 5.95. The van der Waals surface area contributed by atoms with E-state index in [-0.39, 0.29) is 5.82 Å². The lowest BCUT2D eigenvalue weighted by Crippen LogP contribution is -2.32. The van der Waals surface area contributed by atoms with Crippen molar-refractivity contribution in [1.82, 2.24) is 0 Å². The molecule has 4 heteroatoms. The van der Waals surface area contributed by atoms with E-state index in [9.17, 15) is 4.39 Å². The van der Waals surface area contributed by atoms with Crippen molar-refractivity contribution in [3.8, 4) is 0 Å². The Morgan fingerprint density at radius 1 is 1.25 bits per heavy atom. The third-order valence-electron chi connectivity index (χ3n) is 3.06. The molecule has 0 heterocycles. The summed E-state index contributed by atoms with van der Waals surface area (Å²) in [5.74, 6) is -0.304. The maximum absolute atomic E-state index is 12.8. The fourth-order valence-corrected chi connectivity index (χ4v) is 2.31. The zero-order valence-electron chi connectivity index (χ0n) is 9.05. The number of nitrogens with two attached hydrogens (primary N) is 1. The highest BCUT2D eigenvalue weighted by molar-refractivity contribution is 6.33. The molecular weight excluding hydrogens is 227 g/mol. The van der Waals surface area contributed by atoms with E-state index >= 15 is 0 Å². The smallest absolute Gasteiger partial charge is 0.124 e. The molecule has 0 amide bonds. The largest absolute Gasteiger partial charge is 0.381 e. The van der Waals surface area contributed by atoms with Crippen molar-refractivity contribution in [2.24, 2.45) is 5.73 Å². The highest BCUT2D eigenvalue weighted by Gasteiger charge is 2.18. The van der Waals surface area contributed by atoms with Gasteiger partial charge in [-0.2, -0.15) is 0 Å². The predicted molar refractivity (Wildman–Crippen MR) is 65.3 cm³/mol. The lowest BCUT2D eigenvalue weighted by molar-refractivity contribution is 0.411. The van der Waals surface area contributed by atoms with Gasteiger partial charge in [0, 0.05) is 12.1 Å². The lowest BCUT2D eigenvalue weighted by Gasteiger charge is -2.27. The molecule has 0 atom stereocenters. The van der Waals surface area contributed by atoms with E-state index in [0.717, 1.165) is 31.4 Å². The molecule has 1 aliphatic rings. The summed E-state index contributed by atoms with van der Waals surface area (Å²) in [6, 6.07) is 5.18. The van der Waals surface area contributed by atoms with Gasteiger partial charge in [-0.05, 0) is 43.9 Å². The van der Waals surface area contributed by atoms with E-state index in [0.29, 0.717) is 17.1 Å². The van der Waals surface area contributed by atoms with Crippen LogP contribution in [-0.2, 0) is 0 Å². The first-order chi connectivity index (χ1) is 7.65. The number of rotatable bonds is 2. The Bertz CT molecular complexity index is 362. The Kier molecular flexibility index (Phi) is 3.66. The first-order valence-corrected chi connectivity index (χ1v) is 6.00. The molecule has 1 saturated carbocycles. The Balaban J connectivity index is 1.98. The summed E-state index contributed by atoms with van der Waals surface area (Å²) in [4.78, 5) is 0. The van der Waals surface area contributed by atoms with Gasteiger partial charge in [-0.25, -0.2) is 4.39 Å². The van der Waals surface area contributed by atoms with Gasteiger partial charge in [-0.3, -0.25) is 0 Å². The van der Waals surface area contributed by atoms with Crippen LogP contribution in [0.1, 0.15) is 25.7 Å². The van der Waals surface area contributed by atoms with Gasteiger partial charge < -0.3 is 11.1 Å². The fraction of sp³-hybridized carbons (Fsp3) is 0.500. The minimum atomic E-state index is -0.304. The molecule has 2 rings (SSSR count). The van der Waals surface area contributed by atoms with Crippen LogP contribution >= 0.6 is 11.6 Å². The predicted octanol–water partition coefficient (Wildman–Crippen LogP) is 3.16. The number of benzene rings is 1. The first-order valence-electron chi connectivity index (χ1n) is 5.62. The number of halogens is 2. The summed E-state index contributed by atoms with van der Waals surface area (Å²) in [6.07, 6.45) is 4.18. The molecule has 0 spiro atoms. The van der Waals surface area contributed by atoms with Crippen molar-refractivity contribution < 1.29 is 4.39 Å². The Morgan fingerprint density at radius 3 is 2.56 bits per heavy atom. The van der Waals surface area contributed by atoms with Crippen LogP contribution in [-0.4, -0.2) is 12.1 Å². The normalized spacial score (nSPS) is 25.4. The van der Waals surface area contributed by atoms with E-state index < -0.39 is 0 Å². The highest BCUT2D eigenvalue weighted by Crippen LogP contribution is 2.26. The summed E-state index contributed by atoms with van der Waals surface area (Å²) in [5, 5.41) is 3.78. The molecule has 1 aromatic carbocycles. The average Bonchev–Trinajstić information content (AvgIpc) is 2.25. The highest BCUT2D eigenvalue weighted by atomic mass is 35.5. The zero-order valence-corrected chi connectivity index (χ0v) is 9.80. The molecule has 0 radical (unpaired) electrons. The summed E-state index contributed by atoms with van der Waals surface area (Å²) in [6.45, 7) is 0. The molecule has 1 fully saturated rings. The van der Waals surface area contributed by atoms with Gasteiger partial charge in [0.15, 0.2) is 0 Å². The standard InChI is InChI=1S/C12H16ClFN2/c13-11-7-8(14)1-6-12(11)16-10-4-2-9(15)3-5-10/h1,6-7,9-10,16H,2-5,15H2. The average molecular weight is 243 g/mol. The summed E-state index contributed by atoms with van der Waals surface area (Å²) in [5.41, 5.74) is 6.65. The molecule has 1 aromatic rings. The number of anilines is 1. The van der Waals surface area contributed by atoms with Gasteiger partial charge in [0.05, 0.1) is 10.7 Å². The quantitative estimate of drug-likeness (QED) is 0.836. The molecule has 88 valence electrons. The Morgan fingerprint density at radius 2 is 1.94 bits per heavy atom.